The molecule has 0 bridgehead atoms. The number of rotatable bonds is 5. The first-order valence-electron chi connectivity index (χ1n) is 8.17. The molecule has 1 atom stereocenters. The molecule has 0 amide bonds. The second-order valence-corrected chi connectivity index (χ2v) is 7.99. The van der Waals surface area contributed by atoms with Crippen LogP contribution in [0, 0.1) is 11.6 Å². The minimum atomic E-state index is -3.75. The van der Waals surface area contributed by atoms with Crippen molar-refractivity contribution in [1.29, 1.82) is 0 Å². The fourth-order valence-electron chi connectivity index (χ4n) is 3.06. The second-order valence-electron chi connectivity index (χ2n) is 6.28. The van der Waals surface area contributed by atoms with E-state index in [1.54, 1.807) is 12.1 Å². The van der Waals surface area contributed by atoms with Crippen LogP contribution in [0.3, 0.4) is 0 Å². The molecule has 1 N–H and O–H groups in total. The van der Waals surface area contributed by atoms with Crippen LogP contribution in [0.15, 0.2) is 53.4 Å². The van der Waals surface area contributed by atoms with Gasteiger partial charge >= 0.3 is 0 Å². The molecule has 1 heterocycles. The third kappa shape index (κ3) is 4.84. The first-order chi connectivity index (χ1) is 11.9. The standard InChI is InChI=1S/C18H20F2N2O2S/c19-15-8-6-14(7-9-15)12-22-10-2-4-17(13-22)21-25(23,24)18-5-1-3-16(20)11-18/h1,3,5-9,11,17,21H,2,4,10,12-13H2/t17-/m0/s1. The number of nitrogens with one attached hydrogen (secondary N) is 1. The number of benzene rings is 2. The first-order valence-corrected chi connectivity index (χ1v) is 9.65. The van der Waals surface area contributed by atoms with Crippen molar-refractivity contribution >= 4 is 10.0 Å². The Kier molecular flexibility index (Phi) is 5.46. The predicted molar refractivity (Wildman–Crippen MR) is 91.4 cm³/mol. The van der Waals surface area contributed by atoms with E-state index in [1.807, 2.05) is 0 Å². The van der Waals surface area contributed by atoms with Gasteiger partial charge in [-0.3, -0.25) is 4.90 Å². The molecule has 2 aromatic rings. The Bertz CT molecular complexity index is 825. The summed E-state index contributed by atoms with van der Waals surface area (Å²) in [4.78, 5) is 2.07. The number of nitrogens with zero attached hydrogens (tertiary/aromatic N) is 1. The monoisotopic (exact) mass is 366 g/mol. The van der Waals surface area contributed by atoms with E-state index in [9.17, 15) is 17.2 Å². The molecular formula is C18H20F2N2O2S. The number of hydrogen-bond acceptors (Lipinski definition) is 3. The van der Waals surface area contributed by atoms with E-state index in [-0.39, 0.29) is 16.8 Å². The van der Waals surface area contributed by atoms with Gasteiger partial charge in [-0.15, -0.1) is 0 Å². The summed E-state index contributed by atoms with van der Waals surface area (Å²) < 4.78 is 53.8. The lowest BCUT2D eigenvalue weighted by atomic mass is 10.1. The van der Waals surface area contributed by atoms with Gasteiger partial charge in [-0.1, -0.05) is 18.2 Å². The summed E-state index contributed by atoms with van der Waals surface area (Å²) in [6.45, 7) is 2.06. The molecule has 1 aliphatic rings. The molecule has 3 rings (SSSR count). The van der Waals surface area contributed by atoms with Crippen molar-refractivity contribution in [2.24, 2.45) is 0 Å². The van der Waals surface area contributed by atoms with Gasteiger partial charge < -0.3 is 0 Å². The zero-order valence-corrected chi connectivity index (χ0v) is 14.5. The van der Waals surface area contributed by atoms with Crippen molar-refractivity contribution < 1.29 is 17.2 Å². The van der Waals surface area contributed by atoms with E-state index >= 15 is 0 Å². The predicted octanol–water partition coefficient (Wildman–Crippen LogP) is 2.91. The molecule has 0 spiro atoms. The summed E-state index contributed by atoms with van der Waals surface area (Å²) in [5, 5.41) is 0. The zero-order valence-electron chi connectivity index (χ0n) is 13.7. The average molecular weight is 366 g/mol. The van der Waals surface area contributed by atoms with Crippen molar-refractivity contribution in [2.75, 3.05) is 13.1 Å². The SMILES string of the molecule is O=S(=O)(N[C@H]1CCCN(Cc2ccc(F)cc2)C1)c1cccc(F)c1. The van der Waals surface area contributed by atoms with Gasteiger partial charge in [-0.25, -0.2) is 21.9 Å². The Labute approximate surface area is 146 Å². The van der Waals surface area contributed by atoms with Crippen molar-refractivity contribution in [3.63, 3.8) is 0 Å². The summed E-state index contributed by atoms with van der Waals surface area (Å²) in [6.07, 6.45) is 1.59. The third-order valence-electron chi connectivity index (χ3n) is 4.25. The summed E-state index contributed by atoms with van der Waals surface area (Å²) in [5.41, 5.74) is 0.982. The number of likely N-dealkylation sites (tertiary alicyclic amines) is 1. The van der Waals surface area contributed by atoms with Crippen LogP contribution in [-0.4, -0.2) is 32.4 Å². The fraction of sp³-hybridized carbons (Fsp3) is 0.333. The fourth-order valence-corrected chi connectivity index (χ4v) is 4.36. The van der Waals surface area contributed by atoms with Crippen LogP contribution in [0.1, 0.15) is 18.4 Å². The van der Waals surface area contributed by atoms with Crippen molar-refractivity contribution in [1.82, 2.24) is 9.62 Å². The first kappa shape index (κ1) is 18.0. The van der Waals surface area contributed by atoms with Gasteiger partial charge in [0.05, 0.1) is 4.90 Å². The van der Waals surface area contributed by atoms with Crippen LogP contribution in [0.2, 0.25) is 0 Å². The molecule has 7 heteroatoms. The van der Waals surface area contributed by atoms with E-state index in [4.69, 9.17) is 0 Å². The Morgan fingerprint density at radius 2 is 1.84 bits per heavy atom. The van der Waals surface area contributed by atoms with Crippen LogP contribution in [0.4, 0.5) is 8.78 Å². The molecule has 25 heavy (non-hydrogen) atoms. The van der Waals surface area contributed by atoms with E-state index in [0.717, 1.165) is 31.0 Å². The largest absolute Gasteiger partial charge is 0.298 e. The maximum absolute atomic E-state index is 13.3. The molecule has 1 fully saturated rings. The number of sulfonamides is 1. The minimum Gasteiger partial charge on any atom is -0.298 e. The summed E-state index contributed by atoms with van der Waals surface area (Å²) in [7, 11) is -3.75. The van der Waals surface area contributed by atoms with Gasteiger partial charge in [-0.2, -0.15) is 0 Å². The van der Waals surface area contributed by atoms with Gasteiger partial charge in [0.2, 0.25) is 10.0 Å². The molecule has 134 valence electrons. The molecular weight excluding hydrogens is 346 g/mol. The topological polar surface area (TPSA) is 49.4 Å². The highest BCUT2D eigenvalue weighted by atomic mass is 32.2. The molecule has 0 aliphatic carbocycles. The summed E-state index contributed by atoms with van der Waals surface area (Å²) >= 11 is 0. The van der Waals surface area contributed by atoms with Crippen LogP contribution in [-0.2, 0) is 16.6 Å². The molecule has 0 aromatic heterocycles. The van der Waals surface area contributed by atoms with Crippen molar-refractivity contribution in [3.05, 3.63) is 65.7 Å². The van der Waals surface area contributed by atoms with E-state index < -0.39 is 15.8 Å². The van der Waals surface area contributed by atoms with Gasteiger partial charge in [0, 0.05) is 19.1 Å². The Balaban J connectivity index is 1.64. The Morgan fingerprint density at radius 1 is 1.08 bits per heavy atom. The summed E-state index contributed by atoms with van der Waals surface area (Å²) in [6, 6.07) is 11.1. The van der Waals surface area contributed by atoms with Crippen molar-refractivity contribution in [2.45, 2.75) is 30.3 Å². The lowest BCUT2D eigenvalue weighted by molar-refractivity contribution is 0.194. The third-order valence-corrected chi connectivity index (χ3v) is 5.77. The number of piperidine rings is 1. The molecule has 1 saturated heterocycles. The molecule has 2 aromatic carbocycles. The van der Waals surface area contributed by atoms with Crippen LogP contribution in [0.5, 0.6) is 0 Å². The van der Waals surface area contributed by atoms with Crippen LogP contribution >= 0.6 is 0 Å². The lowest BCUT2D eigenvalue weighted by Gasteiger charge is -2.33. The van der Waals surface area contributed by atoms with Crippen LogP contribution < -0.4 is 4.72 Å². The summed E-state index contributed by atoms with van der Waals surface area (Å²) in [5.74, 6) is -0.854. The molecule has 0 radical (unpaired) electrons. The normalized spacial score (nSPS) is 19.0. The average Bonchev–Trinajstić information content (AvgIpc) is 2.57. The number of halogens is 2. The highest BCUT2D eigenvalue weighted by Crippen LogP contribution is 2.17. The molecule has 1 aliphatic heterocycles. The smallest absolute Gasteiger partial charge is 0.240 e. The number of hydrogen-bond donors (Lipinski definition) is 1. The van der Waals surface area contributed by atoms with E-state index in [0.29, 0.717) is 13.1 Å². The van der Waals surface area contributed by atoms with Crippen molar-refractivity contribution in [3.8, 4) is 0 Å². The highest BCUT2D eigenvalue weighted by molar-refractivity contribution is 7.89. The van der Waals surface area contributed by atoms with Gasteiger partial charge in [0.1, 0.15) is 11.6 Å². The molecule has 4 nitrogen and oxygen atoms in total. The Hall–Kier alpha value is -1.83. The van der Waals surface area contributed by atoms with Gasteiger partial charge in [0.25, 0.3) is 0 Å². The zero-order chi connectivity index (χ0) is 17.9. The van der Waals surface area contributed by atoms with E-state index in [1.165, 1.54) is 30.3 Å². The maximum Gasteiger partial charge on any atom is 0.240 e. The highest BCUT2D eigenvalue weighted by Gasteiger charge is 2.25. The van der Waals surface area contributed by atoms with Gasteiger partial charge in [-0.05, 0) is 55.3 Å². The Morgan fingerprint density at radius 3 is 2.56 bits per heavy atom. The lowest BCUT2D eigenvalue weighted by Crippen LogP contribution is -2.47. The maximum atomic E-state index is 13.3. The second kappa shape index (κ2) is 7.59. The molecule has 0 unspecified atom stereocenters. The quantitative estimate of drug-likeness (QED) is 0.885. The van der Waals surface area contributed by atoms with Gasteiger partial charge in [0.15, 0.2) is 0 Å². The molecule has 0 saturated carbocycles. The van der Waals surface area contributed by atoms with E-state index in [2.05, 4.69) is 9.62 Å². The van der Waals surface area contributed by atoms with Crippen LogP contribution in [0.25, 0.3) is 0 Å². The minimum absolute atomic E-state index is 0.0665.